The van der Waals surface area contributed by atoms with Gasteiger partial charge in [-0.3, -0.25) is 0 Å². The van der Waals surface area contributed by atoms with Crippen LogP contribution < -0.4 is 0 Å². The molecular formula is C10H20NO. The van der Waals surface area contributed by atoms with Crippen molar-refractivity contribution in [3.05, 3.63) is 6.54 Å². The van der Waals surface area contributed by atoms with Crippen molar-refractivity contribution in [1.29, 1.82) is 0 Å². The van der Waals surface area contributed by atoms with Crippen molar-refractivity contribution in [2.24, 2.45) is 0 Å². The molecular weight excluding hydrogens is 150 g/mol. The Balaban J connectivity index is 2.01. The first-order valence-electron chi connectivity index (χ1n) is 4.98. The Bertz CT molecular complexity index is 108. The summed E-state index contributed by atoms with van der Waals surface area (Å²) in [6.45, 7) is 6.53. The largest absolute Gasteiger partial charge is 0.378 e. The fraction of sp³-hybridized carbons (Fsp3) is 0.900. The molecule has 0 N–H and O–H groups in total. The molecule has 1 rings (SSSR count). The van der Waals surface area contributed by atoms with Gasteiger partial charge in [0, 0.05) is 19.7 Å². The van der Waals surface area contributed by atoms with Crippen LogP contribution in [0.4, 0.5) is 0 Å². The minimum atomic E-state index is 0.493. The minimum Gasteiger partial charge on any atom is -0.378 e. The van der Waals surface area contributed by atoms with Crippen molar-refractivity contribution < 1.29 is 4.74 Å². The SMILES string of the molecule is CCCCOC1C[CH]N(C)CC1. The Labute approximate surface area is 75.9 Å². The van der Waals surface area contributed by atoms with Gasteiger partial charge in [-0.05, 0) is 26.3 Å². The van der Waals surface area contributed by atoms with Gasteiger partial charge in [0.25, 0.3) is 0 Å². The standard InChI is InChI=1S/C10H20NO/c1-3-4-9-12-10-5-7-11(2)8-6-10/h7,10H,3-6,8-9H2,1-2H3. The van der Waals surface area contributed by atoms with E-state index in [-0.39, 0.29) is 0 Å². The van der Waals surface area contributed by atoms with Crippen LogP contribution >= 0.6 is 0 Å². The van der Waals surface area contributed by atoms with Gasteiger partial charge >= 0.3 is 0 Å². The summed E-state index contributed by atoms with van der Waals surface area (Å²) >= 11 is 0. The van der Waals surface area contributed by atoms with E-state index in [4.69, 9.17) is 4.74 Å². The molecule has 1 unspecified atom stereocenters. The van der Waals surface area contributed by atoms with Crippen LogP contribution in [0.25, 0.3) is 0 Å². The van der Waals surface area contributed by atoms with E-state index in [1.165, 1.54) is 19.3 Å². The zero-order valence-electron chi connectivity index (χ0n) is 8.25. The van der Waals surface area contributed by atoms with Gasteiger partial charge in [0.2, 0.25) is 0 Å². The molecule has 71 valence electrons. The highest BCUT2D eigenvalue weighted by atomic mass is 16.5. The van der Waals surface area contributed by atoms with Gasteiger partial charge in [0.05, 0.1) is 6.10 Å². The summed E-state index contributed by atoms with van der Waals surface area (Å²) in [5.74, 6) is 0. The van der Waals surface area contributed by atoms with Crippen molar-refractivity contribution in [3.63, 3.8) is 0 Å². The molecule has 0 aromatic carbocycles. The van der Waals surface area contributed by atoms with Crippen molar-refractivity contribution >= 4 is 0 Å². The van der Waals surface area contributed by atoms with Crippen molar-refractivity contribution in [3.8, 4) is 0 Å². The van der Waals surface area contributed by atoms with Crippen LogP contribution in [0.3, 0.4) is 0 Å². The summed E-state index contributed by atoms with van der Waals surface area (Å²) in [7, 11) is 2.13. The third-order valence-corrected chi connectivity index (χ3v) is 2.34. The number of piperidine rings is 1. The Morgan fingerprint density at radius 2 is 2.42 bits per heavy atom. The molecule has 0 amide bonds. The maximum absolute atomic E-state index is 5.71. The van der Waals surface area contributed by atoms with Gasteiger partial charge in [-0.2, -0.15) is 0 Å². The molecule has 1 fully saturated rings. The van der Waals surface area contributed by atoms with Crippen LogP contribution in [0.15, 0.2) is 0 Å². The number of likely N-dealkylation sites (tertiary alicyclic amines) is 1. The molecule has 0 aromatic rings. The van der Waals surface area contributed by atoms with Gasteiger partial charge in [-0.1, -0.05) is 13.3 Å². The fourth-order valence-corrected chi connectivity index (χ4v) is 1.40. The zero-order valence-corrected chi connectivity index (χ0v) is 8.25. The fourth-order valence-electron chi connectivity index (χ4n) is 1.40. The maximum Gasteiger partial charge on any atom is 0.0602 e. The first-order valence-corrected chi connectivity index (χ1v) is 4.98. The van der Waals surface area contributed by atoms with Gasteiger partial charge in [-0.15, -0.1) is 0 Å². The summed E-state index contributed by atoms with van der Waals surface area (Å²) < 4.78 is 5.71. The summed E-state index contributed by atoms with van der Waals surface area (Å²) in [6.07, 6.45) is 5.22. The summed E-state index contributed by atoms with van der Waals surface area (Å²) in [4.78, 5) is 2.25. The van der Waals surface area contributed by atoms with Crippen LogP contribution in [0.1, 0.15) is 32.6 Å². The Morgan fingerprint density at radius 1 is 1.58 bits per heavy atom. The molecule has 0 aliphatic carbocycles. The van der Waals surface area contributed by atoms with Gasteiger partial charge in [0.15, 0.2) is 0 Å². The second kappa shape index (κ2) is 5.55. The molecule has 1 aliphatic rings. The first kappa shape index (κ1) is 10.0. The Kier molecular flexibility index (Phi) is 4.62. The van der Waals surface area contributed by atoms with Crippen LogP contribution in [0, 0.1) is 6.54 Å². The molecule has 2 nitrogen and oxygen atoms in total. The predicted molar refractivity (Wildman–Crippen MR) is 50.8 cm³/mol. The second-order valence-electron chi connectivity index (χ2n) is 3.53. The minimum absolute atomic E-state index is 0.493. The van der Waals surface area contributed by atoms with Gasteiger partial charge in [0.1, 0.15) is 0 Å². The van der Waals surface area contributed by atoms with E-state index in [2.05, 4.69) is 25.4 Å². The average molecular weight is 170 g/mol. The summed E-state index contributed by atoms with van der Waals surface area (Å²) in [5.41, 5.74) is 0. The van der Waals surface area contributed by atoms with Crippen molar-refractivity contribution in [2.45, 2.75) is 38.7 Å². The monoisotopic (exact) mass is 170 g/mol. The maximum atomic E-state index is 5.71. The van der Waals surface area contributed by atoms with Crippen LogP contribution in [-0.2, 0) is 4.74 Å². The zero-order chi connectivity index (χ0) is 8.81. The lowest BCUT2D eigenvalue weighted by Crippen LogP contribution is -2.30. The molecule has 1 saturated heterocycles. The van der Waals surface area contributed by atoms with E-state index in [9.17, 15) is 0 Å². The van der Waals surface area contributed by atoms with E-state index in [1.807, 2.05) is 0 Å². The molecule has 12 heavy (non-hydrogen) atoms. The molecule has 1 heterocycles. The summed E-state index contributed by atoms with van der Waals surface area (Å²) in [5, 5.41) is 0. The van der Waals surface area contributed by atoms with Crippen molar-refractivity contribution in [1.82, 2.24) is 4.90 Å². The molecule has 0 aromatic heterocycles. The molecule has 1 radical (unpaired) electrons. The van der Waals surface area contributed by atoms with Crippen molar-refractivity contribution in [2.75, 3.05) is 20.2 Å². The smallest absolute Gasteiger partial charge is 0.0602 e. The normalized spacial score (nSPS) is 21.5. The first-order chi connectivity index (χ1) is 5.83. The lowest BCUT2D eigenvalue weighted by molar-refractivity contribution is 0.0228. The van der Waals surface area contributed by atoms with Crippen LogP contribution in [-0.4, -0.2) is 31.2 Å². The number of ether oxygens (including phenoxy) is 1. The van der Waals surface area contributed by atoms with E-state index >= 15 is 0 Å². The number of nitrogens with zero attached hydrogens (tertiary/aromatic N) is 1. The van der Waals surface area contributed by atoms with Gasteiger partial charge in [-0.25, -0.2) is 0 Å². The molecule has 0 spiro atoms. The molecule has 1 atom stereocenters. The topological polar surface area (TPSA) is 12.5 Å². The summed E-state index contributed by atoms with van der Waals surface area (Å²) in [6, 6.07) is 0. The lowest BCUT2D eigenvalue weighted by Gasteiger charge is -2.28. The molecule has 1 aliphatic heterocycles. The van der Waals surface area contributed by atoms with Crippen LogP contribution in [0.2, 0.25) is 0 Å². The Morgan fingerprint density at radius 3 is 3.00 bits per heavy atom. The number of unbranched alkanes of at least 4 members (excludes halogenated alkanes) is 1. The highest BCUT2D eigenvalue weighted by Crippen LogP contribution is 2.15. The van der Waals surface area contributed by atoms with Crippen LogP contribution in [0.5, 0.6) is 0 Å². The van der Waals surface area contributed by atoms with Gasteiger partial charge < -0.3 is 9.64 Å². The lowest BCUT2D eigenvalue weighted by atomic mass is 10.1. The van der Waals surface area contributed by atoms with E-state index < -0.39 is 0 Å². The number of rotatable bonds is 4. The highest BCUT2D eigenvalue weighted by molar-refractivity contribution is 4.78. The number of hydrogen-bond donors (Lipinski definition) is 0. The third kappa shape index (κ3) is 3.55. The molecule has 0 saturated carbocycles. The predicted octanol–water partition coefficient (Wildman–Crippen LogP) is 2.06. The van der Waals surface area contributed by atoms with E-state index in [1.54, 1.807) is 0 Å². The molecule has 2 heteroatoms. The van der Waals surface area contributed by atoms with E-state index in [0.717, 1.165) is 19.6 Å². The quantitative estimate of drug-likeness (QED) is 0.599. The third-order valence-electron chi connectivity index (χ3n) is 2.34. The average Bonchev–Trinajstić information content (AvgIpc) is 2.09. The highest BCUT2D eigenvalue weighted by Gasteiger charge is 2.16. The Hall–Kier alpha value is -0.0800. The molecule has 0 bridgehead atoms. The second-order valence-corrected chi connectivity index (χ2v) is 3.53. The van der Waals surface area contributed by atoms with E-state index in [0.29, 0.717) is 6.10 Å². The number of hydrogen-bond acceptors (Lipinski definition) is 2.